The molecule has 0 aromatic heterocycles. The minimum Gasteiger partial charge on any atom is -0.507 e. The van der Waals surface area contributed by atoms with Crippen molar-refractivity contribution in [3.8, 4) is 5.75 Å². The third kappa shape index (κ3) is 2.88. The number of hydrogen-bond donors (Lipinski definition) is 1. The molecule has 0 aliphatic carbocycles. The van der Waals surface area contributed by atoms with Crippen LogP contribution < -0.4 is 0 Å². The number of hydrogen-bond acceptors (Lipinski definition) is 1. The monoisotopic (exact) mass is 272 g/mol. The molecule has 0 atom stereocenters. The van der Waals surface area contributed by atoms with Gasteiger partial charge in [-0.1, -0.05) is 13.8 Å². The lowest BCUT2D eigenvalue weighted by Crippen LogP contribution is -2.14. The summed E-state index contributed by atoms with van der Waals surface area (Å²) in [5, 5.41) is 9.18. The van der Waals surface area contributed by atoms with Crippen LogP contribution in [0.15, 0.2) is 12.1 Å². The van der Waals surface area contributed by atoms with Crippen LogP contribution in [-0.4, -0.2) is 5.11 Å². The molecule has 0 unspecified atom stereocenters. The fourth-order valence-electron chi connectivity index (χ4n) is 1.55. The fraction of sp³-hybridized carbons (Fsp3) is 0.455. The summed E-state index contributed by atoms with van der Waals surface area (Å²) in [6, 6.07) is 0.473. The summed E-state index contributed by atoms with van der Waals surface area (Å²) in [5.74, 6) is -1.85. The Kier molecular flexibility index (Phi) is 3.56. The Morgan fingerprint density at radius 2 is 1.33 bits per heavy atom. The summed E-state index contributed by atoms with van der Waals surface area (Å²) in [6.07, 6.45) is -9.92. The molecule has 1 aromatic rings. The third-order valence-electron chi connectivity index (χ3n) is 2.40. The van der Waals surface area contributed by atoms with Gasteiger partial charge in [-0.15, -0.1) is 0 Å². The van der Waals surface area contributed by atoms with Gasteiger partial charge in [0.25, 0.3) is 0 Å². The second kappa shape index (κ2) is 4.37. The predicted molar refractivity (Wildman–Crippen MR) is 52.2 cm³/mol. The van der Waals surface area contributed by atoms with E-state index in [2.05, 4.69) is 0 Å². The van der Waals surface area contributed by atoms with E-state index in [1.807, 2.05) is 0 Å². The molecule has 1 N–H and O–H groups in total. The molecule has 0 aliphatic rings. The number of phenolic OH excluding ortho intramolecular Hbond substituents is 1. The zero-order valence-electron chi connectivity index (χ0n) is 9.45. The Morgan fingerprint density at radius 1 is 0.889 bits per heavy atom. The molecule has 0 bridgehead atoms. The van der Waals surface area contributed by atoms with Crippen molar-refractivity contribution in [2.24, 2.45) is 0 Å². The molecule has 0 amide bonds. The molecule has 0 saturated carbocycles. The molecule has 0 heterocycles. The first-order valence-corrected chi connectivity index (χ1v) is 4.96. The smallest absolute Gasteiger partial charge is 0.419 e. The van der Waals surface area contributed by atoms with Crippen LogP contribution in [-0.2, 0) is 12.4 Å². The average Bonchev–Trinajstić information content (AvgIpc) is 2.12. The number of rotatable bonds is 1. The largest absolute Gasteiger partial charge is 0.507 e. The lowest BCUT2D eigenvalue weighted by Gasteiger charge is -2.19. The van der Waals surface area contributed by atoms with E-state index in [4.69, 9.17) is 0 Å². The fourth-order valence-corrected chi connectivity index (χ4v) is 1.55. The molecule has 0 radical (unpaired) electrons. The minimum absolute atomic E-state index is 0.0509. The second-order valence-electron chi connectivity index (χ2n) is 4.11. The molecular weight excluding hydrogens is 262 g/mol. The number of aromatic hydroxyl groups is 1. The molecule has 1 aromatic carbocycles. The first-order chi connectivity index (χ1) is 7.94. The van der Waals surface area contributed by atoms with Crippen molar-refractivity contribution in [3.05, 3.63) is 28.8 Å². The lowest BCUT2D eigenvalue weighted by atomic mass is 9.94. The van der Waals surface area contributed by atoms with Crippen molar-refractivity contribution >= 4 is 0 Å². The highest BCUT2D eigenvalue weighted by molar-refractivity contribution is 5.45. The number of alkyl halides is 6. The van der Waals surface area contributed by atoms with E-state index >= 15 is 0 Å². The normalized spacial score (nSPS) is 13.2. The van der Waals surface area contributed by atoms with Crippen LogP contribution in [0.3, 0.4) is 0 Å². The van der Waals surface area contributed by atoms with E-state index in [9.17, 15) is 31.4 Å². The van der Waals surface area contributed by atoms with E-state index < -0.39 is 35.1 Å². The van der Waals surface area contributed by atoms with Gasteiger partial charge in [-0.3, -0.25) is 0 Å². The Balaban J connectivity index is 3.57. The van der Waals surface area contributed by atoms with Gasteiger partial charge >= 0.3 is 12.4 Å². The number of benzene rings is 1. The molecule has 102 valence electrons. The molecular formula is C11H10F6O. The summed E-state index contributed by atoms with van der Waals surface area (Å²) in [7, 11) is 0. The molecule has 0 spiro atoms. The third-order valence-corrected chi connectivity index (χ3v) is 2.40. The summed E-state index contributed by atoms with van der Waals surface area (Å²) >= 11 is 0. The maximum absolute atomic E-state index is 12.7. The van der Waals surface area contributed by atoms with Crippen LogP contribution in [0.25, 0.3) is 0 Å². The van der Waals surface area contributed by atoms with E-state index in [1.165, 1.54) is 13.8 Å². The first-order valence-electron chi connectivity index (χ1n) is 4.96. The number of halogens is 6. The van der Waals surface area contributed by atoms with Gasteiger partial charge in [-0.05, 0) is 23.6 Å². The Bertz CT molecular complexity index is 444. The van der Waals surface area contributed by atoms with Crippen LogP contribution in [0.2, 0.25) is 0 Å². The molecule has 1 nitrogen and oxygen atoms in total. The van der Waals surface area contributed by atoms with E-state index in [0.717, 1.165) is 0 Å². The van der Waals surface area contributed by atoms with Gasteiger partial charge in [-0.2, -0.15) is 26.3 Å². The topological polar surface area (TPSA) is 20.2 Å². The highest BCUT2D eigenvalue weighted by atomic mass is 19.4. The molecule has 7 heteroatoms. The van der Waals surface area contributed by atoms with Gasteiger partial charge in [-0.25, -0.2) is 0 Å². The highest BCUT2D eigenvalue weighted by Crippen LogP contribution is 2.43. The van der Waals surface area contributed by atoms with Crippen molar-refractivity contribution in [3.63, 3.8) is 0 Å². The van der Waals surface area contributed by atoms with Crippen molar-refractivity contribution in [1.82, 2.24) is 0 Å². The van der Waals surface area contributed by atoms with Crippen molar-refractivity contribution in [1.29, 1.82) is 0 Å². The minimum atomic E-state index is -5.03. The molecule has 0 fully saturated rings. The quantitative estimate of drug-likeness (QED) is 0.743. The summed E-state index contributed by atoms with van der Waals surface area (Å²) in [5.41, 5.74) is -3.42. The standard InChI is InChI=1S/C11H10F6O/c1-5(2)6-3-9(18)8(11(15,16)17)4-7(6)10(12,13)14/h3-5,18H,1-2H3. The maximum Gasteiger partial charge on any atom is 0.419 e. The number of phenols is 1. The predicted octanol–water partition coefficient (Wildman–Crippen LogP) is 4.55. The highest BCUT2D eigenvalue weighted by Gasteiger charge is 2.40. The van der Waals surface area contributed by atoms with Crippen LogP contribution in [0.1, 0.15) is 36.5 Å². The SMILES string of the molecule is CC(C)c1cc(O)c(C(F)(F)F)cc1C(F)(F)F. The first kappa shape index (κ1) is 14.7. The van der Waals surface area contributed by atoms with Gasteiger partial charge < -0.3 is 5.11 Å². The van der Waals surface area contributed by atoms with Crippen LogP contribution >= 0.6 is 0 Å². The van der Waals surface area contributed by atoms with Crippen molar-refractivity contribution in [2.45, 2.75) is 32.1 Å². The lowest BCUT2D eigenvalue weighted by molar-refractivity contribution is -0.144. The van der Waals surface area contributed by atoms with Crippen molar-refractivity contribution in [2.75, 3.05) is 0 Å². The van der Waals surface area contributed by atoms with Crippen LogP contribution in [0, 0.1) is 0 Å². The molecule has 0 aliphatic heterocycles. The van der Waals surface area contributed by atoms with Gasteiger partial charge in [0, 0.05) is 0 Å². The second-order valence-corrected chi connectivity index (χ2v) is 4.11. The van der Waals surface area contributed by atoms with E-state index in [1.54, 1.807) is 0 Å². The molecule has 1 rings (SSSR count). The summed E-state index contributed by atoms with van der Waals surface area (Å²) < 4.78 is 75.2. The summed E-state index contributed by atoms with van der Waals surface area (Å²) in [6.45, 7) is 2.80. The van der Waals surface area contributed by atoms with Crippen molar-refractivity contribution < 1.29 is 31.4 Å². The Morgan fingerprint density at radius 3 is 1.67 bits per heavy atom. The molecule has 18 heavy (non-hydrogen) atoms. The maximum atomic E-state index is 12.7. The van der Waals surface area contributed by atoms with E-state index in [-0.39, 0.29) is 11.6 Å². The van der Waals surface area contributed by atoms with Gasteiger partial charge in [0.1, 0.15) is 5.75 Å². The van der Waals surface area contributed by atoms with Gasteiger partial charge in [0.05, 0.1) is 11.1 Å². The van der Waals surface area contributed by atoms with Gasteiger partial charge in [0.15, 0.2) is 0 Å². The van der Waals surface area contributed by atoms with E-state index in [0.29, 0.717) is 6.07 Å². The summed E-state index contributed by atoms with van der Waals surface area (Å²) in [4.78, 5) is 0. The van der Waals surface area contributed by atoms with Crippen LogP contribution in [0.5, 0.6) is 5.75 Å². The van der Waals surface area contributed by atoms with Gasteiger partial charge in [0.2, 0.25) is 0 Å². The average molecular weight is 272 g/mol. The molecule has 0 saturated heterocycles. The Hall–Kier alpha value is -1.40. The Labute approximate surface area is 99.0 Å². The zero-order chi connectivity index (χ0) is 14.3. The van der Waals surface area contributed by atoms with Crippen LogP contribution in [0.4, 0.5) is 26.3 Å². The zero-order valence-corrected chi connectivity index (χ0v) is 9.45.